The van der Waals surface area contributed by atoms with Gasteiger partial charge >= 0.3 is 0 Å². The van der Waals surface area contributed by atoms with Crippen molar-refractivity contribution in [3.8, 4) is 0 Å². The first-order chi connectivity index (χ1) is 6.33. The zero-order valence-corrected chi connectivity index (χ0v) is 8.47. The van der Waals surface area contributed by atoms with Crippen molar-refractivity contribution in [3.05, 3.63) is 34.4 Å². The number of hydrogen-bond donors (Lipinski definition) is 1. The van der Waals surface area contributed by atoms with Crippen LogP contribution in [0, 0.1) is 0 Å². The van der Waals surface area contributed by atoms with E-state index in [0.29, 0.717) is 6.42 Å². The first-order valence-corrected chi connectivity index (χ1v) is 4.81. The van der Waals surface area contributed by atoms with Gasteiger partial charge in [-0.25, -0.2) is 0 Å². The van der Waals surface area contributed by atoms with Crippen LogP contribution in [0.3, 0.4) is 0 Å². The Kier molecular flexibility index (Phi) is 2.19. The van der Waals surface area contributed by atoms with Gasteiger partial charge in [-0.2, -0.15) is 0 Å². The molecule has 1 heterocycles. The molecular formula is C10H8BrNO. The molecule has 2 rings (SSSR count). The average Bonchev–Trinajstić information content (AvgIpc) is 2.44. The molecule has 0 atom stereocenters. The van der Waals surface area contributed by atoms with E-state index in [1.807, 2.05) is 24.3 Å². The Bertz CT molecular complexity index is 447. The smallest absolute Gasteiger partial charge is 0.124 e. The number of nitrogens with one attached hydrogen (secondary N) is 1. The molecule has 2 aromatic rings. The average molecular weight is 238 g/mol. The summed E-state index contributed by atoms with van der Waals surface area (Å²) in [7, 11) is 0. The molecule has 1 aromatic heterocycles. The summed E-state index contributed by atoms with van der Waals surface area (Å²) in [5.41, 5.74) is 2.09. The molecule has 0 aliphatic heterocycles. The van der Waals surface area contributed by atoms with Crippen molar-refractivity contribution < 1.29 is 4.79 Å². The highest BCUT2D eigenvalue weighted by atomic mass is 79.9. The van der Waals surface area contributed by atoms with E-state index < -0.39 is 0 Å². The van der Waals surface area contributed by atoms with Crippen molar-refractivity contribution in [3.63, 3.8) is 0 Å². The SMILES string of the molecule is O=CCc1c(Br)[nH]c2ccccc12. The van der Waals surface area contributed by atoms with Crippen molar-refractivity contribution in [2.45, 2.75) is 6.42 Å². The van der Waals surface area contributed by atoms with Gasteiger partial charge in [0.15, 0.2) is 0 Å². The quantitative estimate of drug-likeness (QED) is 0.801. The lowest BCUT2D eigenvalue weighted by atomic mass is 10.1. The number of aldehydes is 1. The Balaban J connectivity index is 2.70. The molecule has 0 saturated carbocycles. The van der Waals surface area contributed by atoms with Crippen LogP contribution in [-0.2, 0) is 11.2 Å². The second-order valence-electron chi connectivity index (χ2n) is 2.83. The molecule has 1 aromatic carbocycles. The summed E-state index contributed by atoms with van der Waals surface area (Å²) in [6.45, 7) is 0. The summed E-state index contributed by atoms with van der Waals surface area (Å²) in [4.78, 5) is 13.6. The zero-order chi connectivity index (χ0) is 9.26. The summed E-state index contributed by atoms with van der Waals surface area (Å²) in [5, 5.41) is 1.11. The number of aromatic nitrogens is 1. The molecule has 13 heavy (non-hydrogen) atoms. The van der Waals surface area contributed by atoms with Crippen molar-refractivity contribution in [2.75, 3.05) is 0 Å². The predicted octanol–water partition coefficient (Wildman–Crippen LogP) is 2.67. The predicted molar refractivity (Wildman–Crippen MR) is 55.8 cm³/mol. The number of para-hydroxylation sites is 1. The second-order valence-corrected chi connectivity index (χ2v) is 3.63. The lowest BCUT2D eigenvalue weighted by molar-refractivity contribution is -0.107. The number of halogens is 1. The van der Waals surface area contributed by atoms with Gasteiger partial charge in [-0.1, -0.05) is 18.2 Å². The van der Waals surface area contributed by atoms with E-state index >= 15 is 0 Å². The molecule has 0 radical (unpaired) electrons. The Labute approximate surface area is 84.1 Å². The van der Waals surface area contributed by atoms with Gasteiger partial charge in [0.1, 0.15) is 6.29 Å². The first kappa shape index (κ1) is 8.51. The van der Waals surface area contributed by atoms with Crippen LogP contribution in [0.1, 0.15) is 5.56 Å². The minimum Gasteiger partial charge on any atom is -0.349 e. The van der Waals surface area contributed by atoms with Crippen molar-refractivity contribution in [1.29, 1.82) is 0 Å². The van der Waals surface area contributed by atoms with E-state index in [0.717, 1.165) is 27.4 Å². The third kappa shape index (κ3) is 1.40. The van der Waals surface area contributed by atoms with Crippen LogP contribution >= 0.6 is 15.9 Å². The summed E-state index contributed by atoms with van der Waals surface area (Å²) < 4.78 is 0.904. The van der Waals surface area contributed by atoms with E-state index in [4.69, 9.17) is 0 Å². The lowest BCUT2D eigenvalue weighted by Gasteiger charge is -1.91. The van der Waals surface area contributed by atoms with Gasteiger partial charge in [0, 0.05) is 17.3 Å². The maximum Gasteiger partial charge on any atom is 0.124 e. The van der Waals surface area contributed by atoms with E-state index in [2.05, 4.69) is 20.9 Å². The Morgan fingerprint density at radius 2 is 2.15 bits per heavy atom. The van der Waals surface area contributed by atoms with Crippen LogP contribution in [0.5, 0.6) is 0 Å². The van der Waals surface area contributed by atoms with Crippen molar-refractivity contribution in [1.82, 2.24) is 4.98 Å². The summed E-state index contributed by atoms with van der Waals surface area (Å²) in [6, 6.07) is 7.94. The summed E-state index contributed by atoms with van der Waals surface area (Å²) in [5.74, 6) is 0. The van der Waals surface area contributed by atoms with Gasteiger partial charge in [-0.05, 0) is 27.6 Å². The van der Waals surface area contributed by atoms with E-state index in [-0.39, 0.29) is 0 Å². The third-order valence-electron chi connectivity index (χ3n) is 2.05. The first-order valence-electron chi connectivity index (χ1n) is 4.01. The highest BCUT2D eigenvalue weighted by molar-refractivity contribution is 9.10. The highest BCUT2D eigenvalue weighted by Gasteiger charge is 2.07. The molecule has 0 saturated heterocycles. The van der Waals surface area contributed by atoms with E-state index in [9.17, 15) is 4.79 Å². The van der Waals surface area contributed by atoms with Crippen LogP contribution < -0.4 is 0 Å². The standard InChI is InChI=1S/C10H8BrNO/c11-10-8(5-6-13)7-3-1-2-4-9(7)12-10/h1-4,6,12H,5H2. The molecule has 66 valence electrons. The van der Waals surface area contributed by atoms with Gasteiger partial charge < -0.3 is 9.78 Å². The molecular weight excluding hydrogens is 230 g/mol. The fourth-order valence-electron chi connectivity index (χ4n) is 1.45. The summed E-state index contributed by atoms with van der Waals surface area (Å²) >= 11 is 3.40. The number of carbonyl (C=O) groups excluding carboxylic acids is 1. The van der Waals surface area contributed by atoms with Gasteiger partial charge in [0.05, 0.1) is 4.60 Å². The summed E-state index contributed by atoms with van der Waals surface area (Å²) in [6.07, 6.45) is 1.37. The minimum atomic E-state index is 0.449. The Morgan fingerprint density at radius 1 is 1.38 bits per heavy atom. The van der Waals surface area contributed by atoms with Crippen LogP contribution in [-0.4, -0.2) is 11.3 Å². The Morgan fingerprint density at radius 3 is 2.92 bits per heavy atom. The van der Waals surface area contributed by atoms with E-state index in [1.54, 1.807) is 0 Å². The van der Waals surface area contributed by atoms with Crippen LogP contribution in [0.4, 0.5) is 0 Å². The van der Waals surface area contributed by atoms with Crippen LogP contribution in [0.2, 0.25) is 0 Å². The second kappa shape index (κ2) is 3.34. The maximum absolute atomic E-state index is 10.4. The monoisotopic (exact) mass is 237 g/mol. The highest BCUT2D eigenvalue weighted by Crippen LogP contribution is 2.25. The molecule has 0 spiro atoms. The number of hydrogen-bond acceptors (Lipinski definition) is 1. The molecule has 0 bridgehead atoms. The Hall–Kier alpha value is -1.09. The van der Waals surface area contributed by atoms with Crippen molar-refractivity contribution >= 4 is 33.1 Å². The van der Waals surface area contributed by atoms with Crippen molar-refractivity contribution in [2.24, 2.45) is 0 Å². The third-order valence-corrected chi connectivity index (χ3v) is 2.73. The topological polar surface area (TPSA) is 32.9 Å². The number of benzene rings is 1. The number of rotatable bonds is 2. The largest absolute Gasteiger partial charge is 0.349 e. The van der Waals surface area contributed by atoms with Gasteiger partial charge in [0.2, 0.25) is 0 Å². The zero-order valence-electron chi connectivity index (χ0n) is 6.88. The number of H-pyrrole nitrogens is 1. The fraction of sp³-hybridized carbons (Fsp3) is 0.100. The molecule has 0 aliphatic carbocycles. The van der Waals surface area contributed by atoms with Crippen LogP contribution in [0.25, 0.3) is 10.9 Å². The van der Waals surface area contributed by atoms with Gasteiger partial charge in [-0.15, -0.1) is 0 Å². The van der Waals surface area contributed by atoms with Crippen LogP contribution in [0.15, 0.2) is 28.9 Å². The lowest BCUT2D eigenvalue weighted by Crippen LogP contribution is -1.83. The molecule has 2 nitrogen and oxygen atoms in total. The normalized spacial score (nSPS) is 10.5. The number of fused-ring (bicyclic) bond motifs is 1. The fourth-order valence-corrected chi connectivity index (χ4v) is 2.04. The molecule has 0 amide bonds. The molecule has 0 unspecified atom stereocenters. The number of aromatic amines is 1. The molecule has 3 heteroatoms. The maximum atomic E-state index is 10.4. The van der Waals surface area contributed by atoms with Gasteiger partial charge in [-0.3, -0.25) is 0 Å². The van der Waals surface area contributed by atoms with Gasteiger partial charge in [0.25, 0.3) is 0 Å². The molecule has 0 aliphatic rings. The molecule has 0 fully saturated rings. The van der Waals surface area contributed by atoms with E-state index in [1.165, 1.54) is 0 Å². The molecule has 1 N–H and O–H groups in total. The minimum absolute atomic E-state index is 0.449. The number of carbonyl (C=O) groups is 1.